The number of aryl methyl sites for hydroxylation is 1. The van der Waals surface area contributed by atoms with Crippen LogP contribution in [-0.4, -0.2) is 14.6 Å². The highest BCUT2D eigenvalue weighted by molar-refractivity contribution is 5.43. The first-order chi connectivity index (χ1) is 7.86. The molecule has 0 aliphatic carbocycles. The Morgan fingerprint density at radius 2 is 2.06 bits per heavy atom. The van der Waals surface area contributed by atoms with Crippen LogP contribution in [0.4, 0.5) is 0 Å². The maximum absolute atomic E-state index is 12.1. The lowest BCUT2D eigenvalue weighted by molar-refractivity contribution is 0.472. The molecule has 0 atom stereocenters. The van der Waals surface area contributed by atoms with E-state index in [1.807, 2.05) is 19.9 Å². The number of rotatable bonds is 2. The van der Waals surface area contributed by atoms with Gasteiger partial charge < -0.3 is 0 Å². The average Bonchev–Trinajstić information content (AvgIpc) is 2.70. The van der Waals surface area contributed by atoms with Crippen LogP contribution in [0.15, 0.2) is 10.9 Å². The third-order valence-corrected chi connectivity index (χ3v) is 3.66. The predicted octanol–water partition coefficient (Wildman–Crippen LogP) is 2.33. The fraction of sp³-hybridized carbons (Fsp3) is 0.538. The first-order valence-corrected chi connectivity index (χ1v) is 5.96. The number of hydrogen-bond donors (Lipinski definition) is 1. The van der Waals surface area contributed by atoms with E-state index in [0.717, 1.165) is 23.4 Å². The van der Waals surface area contributed by atoms with E-state index < -0.39 is 0 Å². The second-order valence-electron chi connectivity index (χ2n) is 5.26. The molecule has 1 N–H and O–H groups in total. The van der Waals surface area contributed by atoms with Crippen LogP contribution in [0.5, 0.6) is 0 Å². The Morgan fingerprint density at radius 1 is 1.41 bits per heavy atom. The lowest BCUT2D eigenvalue weighted by Crippen LogP contribution is -2.20. The van der Waals surface area contributed by atoms with Gasteiger partial charge in [0.25, 0.3) is 5.56 Å². The van der Waals surface area contributed by atoms with Gasteiger partial charge in [0.05, 0.1) is 0 Å². The molecule has 0 radical (unpaired) electrons. The van der Waals surface area contributed by atoms with Crippen LogP contribution in [0.2, 0.25) is 0 Å². The van der Waals surface area contributed by atoms with Crippen LogP contribution in [0.1, 0.15) is 44.1 Å². The van der Waals surface area contributed by atoms with Crippen molar-refractivity contribution in [3.63, 3.8) is 0 Å². The van der Waals surface area contributed by atoms with Crippen molar-refractivity contribution in [1.82, 2.24) is 14.6 Å². The molecule has 0 saturated carbocycles. The number of H-pyrrole nitrogens is 1. The zero-order valence-electron chi connectivity index (χ0n) is 11.1. The summed E-state index contributed by atoms with van der Waals surface area (Å²) in [5.41, 5.74) is 2.41. The molecule has 4 heteroatoms. The van der Waals surface area contributed by atoms with Crippen molar-refractivity contribution >= 4 is 5.65 Å². The Morgan fingerprint density at radius 3 is 2.65 bits per heavy atom. The van der Waals surface area contributed by atoms with Crippen molar-refractivity contribution < 1.29 is 0 Å². The van der Waals surface area contributed by atoms with Gasteiger partial charge in [-0.05, 0) is 31.9 Å². The number of fused-ring (bicyclic) bond motifs is 1. The first kappa shape index (κ1) is 11.9. The Kier molecular flexibility index (Phi) is 2.60. The summed E-state index contributed by atoms with van der Waals surface area (Å²) in [4.78, 5) is 16.6. The average molecular weight is 233 g/mol. The fourth-order valence-electron chi connectivity index (χ4n) is 1.71. The molecule has 2 aromatic heterocycles. The summed E-state index contributed by atoms with van der Waals surface area (Å²) < 4.78 is 1.54. The molecule has 0 bridgehead atoms. The zero-order valence-corrected chi connectivity index (χ0v) is 11.1. The Balaban J connectivity index is 2.75. The maximum atomic E-state index is 12.1. The van der Waals surface area contributed by atoms with Crippen LogP contribution in [-0.2, 0) is 5.41 Å². The molecule has 0 amide bonds. The number of aromatic nitrogens is 3. The van der Waals surface area contributed by atoms with E-state index in [1.54, 1.807) is 0 Å². The summed E-state index contributed by atoms with van der Waals surface area (Å²) in [7, 11) is 0. The highest BCUT2D eigenvalue weighted by Gasteiger charge is 2.23. The van der Waals surface area contributed by atoms with Gasteiger partial charge in [0, 0.05) is 11.0 Å². The van der Waals surface area contributed by atoms with Crippen LogP contribution in [0.25, 0.3) is 5.65 Å². The minimum atomic E-state index is -0.0414. The van der Waals surface area contributed by atoms with E-state index >= 15 is 0 Å². The number of nitrogens with zero attached hydrogens (tertiary/aromatic N) is 2. The molecule has 0 saturated heterocycles. The van der Waals surface area contributed by atoms with E-state index in [-0.39, 0.29) is 11.0 Å². The second-order valence-corrected chi connectivity index (χ2v) is 5.26. The molecule has 2 heterocycles. The number of nitrogens with one attached hydrogen (secondary N) is 1. The highest BCUT2D eigenvalue weighted by Crippen LogP contribution is 2.23. The largest absolute Gasteiger partial charge is 0.276 e. The van der Waals surface area contributed by atoms with E-state index in [2.05, 4.69) is 30.9 Å². The van der Waals surface area contributed by atoms with Crippen molar-refractivity contribution in [3.8, 4) is 0 Å². The van der Waals surface area contributed by atoms with Gasteiger partial charge in [-0.25, -0.2) is 4.98 Å². The summed E-state index contributed by atoms with van der Waals surface area (Å²) in [6, 6.07) is 1.95. The number of pyridine rings is 1. The lowest BCUT2D eigenvalue weighted by Gasteiger charge is -2.18. The quantitative estimate of drug-likeness (QED) is 0.865. The molecule has 0 spiro atoms. The summed E-state index contributed by atoms with van der Waals surface area (Å²) in [6.45, 7) is 10.1. The molecule has 0 aliphatic rings. The normalized spacial score (nSPS) is 12.3. The van der Waals surface area contributed by atoms with Gasteiger partial charge in [-0.2, -0.15) is 4.52 Å². The minimum Gasteiger partial charge on any atom is -0.276 e. The monoisotopic (exact) mass is 233 g/mol. The number of hydrogen-bond acceptors (Lipinski definition) is 2. The third-order valence-electron chi connectivity index (χ3n) is 3.66. The Bertz CT molecular complexity index is 619. The zero-order chi connectivity index (χ0) is 12.8. The van der Waals surface area contributed by atoms with Gasteiger partial charge in [-0.1, -0.05) is 20.8 Å². The van der Waals surface area contributed by atoms with Crippen LogP contribution in [0.3, 0.4) is 0 Å². The molecule has 2 aromatic rings. The summed E-state index contributed by atoms with van der Waals surface area (Å²) in [6.07, 6.45) is 0.972. The van der Waals surface area contributed by atoms with Crippen LogP contribution < -0.4 is 5.56 Å². The maximum Gasteiger partial charge on any atom is 0.274 e. The van der Waals surface area contributed by atoms with Gasteiger partial charge in [0.1, 0.15) is 5.82 Å². The van der Waals surface area contributed by atoms with E-state index in [1.165, 1.54) is 4.52 Å². The van der Waals surface area contributed by atoms with E-state index in [4.69, 9.17) is 0 Å². The molecule has 2 rings (SSSR count). The molecule has 4 nitrogen and oxygen atoms in total. The summed E-state index contributed by atoms with van der Waals surface area (Å²) >= 11 is 0. The molecule has 0 unspecified atom stereocenters. The highest BCUT2D eigenvalue weighted by atomic mass is 16.1. The number of aromatic amines is 1. The fourth-order valence-corrected chi connectivity index (χ4v) is 1.71. The smallest absolute Gasteiger partial charge is 0.274 e. The molecule has 17 heavy (non-hydrogen) atoms. The molecule has 0 aromatic carbocycles. The predicted molar refractivity (Wildman–Crippen MR) is 68.6 cm³/mol. The van der Waals surface area contributed by atoms with Gasteiger partial charge in [-0.15, -0.1) is 0 Å². The van der Waals surface area contributed by atoms with Crippen molar-refractivity contribution in [2.24, 2.45) is 0 Å². The Labute approximate surface area is 101 Å². The van der Waals surface area contributed by atoms with Gasteiger partial charge in [-0.3, -0.25) is 9.89 Å². The topological polar surface area (TPSA) is 50.2 Å². The molecular formula is C13H19N3O. The molecule has 92 valence electrons. The van der Waals surface area contributed by atoms with Gasteiger partial charge in [0.2, 0.25) is 0 Å². The van der Waals surface area contributed by atoms with Gasteiger partial charge in [0.15, 0.2) is 5.65 Å². The van der Waals surface area contributed by atoms with Crippen LogP contribution in [0, 0.1) is 13.8 Å². The second kappa shape index (κ2) is 3.72. The van der Waals surface area contributed by atoms with Gasteiger partial charge >= 0.3 is 0 Å². The third kappa shape index (κ3) is 1.77. The molecule has 0 fully saturated rings. The van der Waals surface area contributed by atoms with Crippen molar-refractivity contribution in [2.45, 2.75) is 46.5 Å². The summed E-state index contributed by atoms with van der Waals surface area (Å²) in [5, 5.41) is 3.12. The SMILES string of the molecule is CCC(C)(C)c1nc2cc(C)c(C)c(=O)n2[nH]1. The lowest BCUT2D eigenvalue weighted by atomic mass is 9.90. The van der Waals surface area contributed by atoms with Crippen LogP contribution >= 0.6 is 0 Å². The molecule has 0 aliphatic heterocycles. The standard InChI is InChI=1S/C13H19N3O/c1-6-13(4,5)12-14-10-7-8(2)9(3)11(17)16(10)15-12/h7H,6H2,1-5H3,(H,14,15). The summed E-state index contributed by atoms with van der Waals surface area (Å²) in [5.74, 6) is 0.863. The van der Waals surface area contributed by atoms with E-state index in [9.17, 15) is 4.79 Å². The van der Waals surface area contributed by atoms with Crippen molar-refractivity contribution in [2.75, 3.05) is 0 Å². The minimum absolute atomic E-state index is 0.00865. The first-order valence-electron chi connectivity index (χ1n) is 5.96. The van der Waals surface area contributed by atoms with Crippen molar-refractivity contribution in [1.29, 1.82) is 0 Å². The van der Waals surface area contributed by atoms with E-state index in [0.29, 0.717) is 5.65 Å². The van der Waals surface area contributed by atoms with Crippen molar-refractivity contribution in [3.05, 3.63) is 33.4 Å². The Hall–Kier alpha value is -1.58. The molecular weight excluding hydrogens is 214 g/mol.